The third-order valence-electron chi connectivity index (χ3n) is 8.86. The fourth-order valence-corrected chi connectivity index (χ4v) is 6.34. The number of non-ortho nitro benzene ring substituents is 1. The van der Waals surface area contributed by atoms with Crippen molar-refractivity contribution in [1.82, 2.24) is 24.1 Å². The average Bonchev–Trinajstić information content (AvgIpc) is 3.76. The minimum absolute atomic E-state index is 0.0366. The number of hydrogen-bond donors (Lipinski definition) is 0. The van der Waals surface area contributed by atoms with Gasteiger partial charge in [-0.05, 0) is 71.6 Å². The Bertz CT molecular complexity index is 2180. The molecule has 0 saturated carbocycles. The van der Waals surface area contributed by atoms with E-state index in [0.717, 1.165) is 24.1 Å². The van der Waals surface area contributed by atoms with Gasteiger partial charge in [0.05, 0.1) is 35.5 Å². The van der Waals surface area contributed by atoms with Gasteiger partial charge in [-0.1, -0.05) is 40.7 Å². The number of carbonyl (C=O) groups excluding carboxylic acids is 1. The first kappa shape index (κ1) is 28.7. The summed E-state index contributed by atoms with van der Waals surface area (Å²) in [5.74, 6) is 0.401. The van der Waals surface area contributed by atoms with Crippen LogP contribution in [0.2, 0.25) is 0 Å². The molecule has 0 amide bonds. The Labute approximate surface area is 259 Å². The molecule has 45 heavy (non-hydrogen) atoms. The standard InChI is InChI=1S/C34H34N6O5/c1-7-44-31(41)28-11-9-21(45-28)17-38-27-16-20(40(42)43)8-10-23(27)29-30(38)36-32-35-26(18-39(32)37-29)24-14-19(33(2,3)4)15-25-22(24)12-13-34(25,5)6/h8-11,14-16,18H,7,12-13,17H2,1-6H3. The maximum Gasteiger partial charge on any atom is 0.374 e. The van der Waals surface area contributed by atoms with Crippen LogP contribution in [0, 0.1) is 10.1 Å². The van der Waals surface area contributed by atoms with Crippen LogP contribution in [-0.2, 0) is 28.5 Å². The summed E-state index contributed by atoms with van der Waals surface area (Å²) in [7, 11) is 0. The first-order valence-electron chi connectivity index (χ1n) is 15.1. The van der Waals surface area contributed by atoms with Gasteiger partial charge in [-0.2, -0.15) is 10.1 Å². The van der Waals surface area contributed by atoms with Gasteiger partial charge in [0.2, 0.25) is 5.76 Å². The molecular weight excluding hydrogens is 572 g/mol. The summed E-state index contributed by atoms with van der Waals surface area (Å²) in [5, 5.41) is 17.3. The van der Waals surface area contributed by atoms with Gasteiger partial charge in [-0.3, -0.25) is 10.1 Å². The molecule has 0 aliphatic heterocycles. The summed E-state index contributed by atoms with van der Waals surface area (Å²) in [6, 6.07) is 12.5. The first-order valence-corrected chi connectivity index (χ1v) is 15.1. The summed E-state index contributed by atoms with van der Waals surface area (Å²) < 4.78 is 14.4. The molecule has 4 heterocycles. The molecule has 11 heteroatoms. The quantitative estimate of drug-likeness (QED) is 0.111. The molecule has 0 radical (unpaired) electrons. The largest absolute Gasteiger partial charge is 0.460 e. The molecule has 2 aromatic carbocycles. The fraction of sp³-hybridized carbons (Fsp3) is 0.353. The van der Waals surface area contributed by atoms with Gasteiger partial charge in [0, 0.05) is 23.1 Å². The molecule has 0 bridgehead atoms. The zero-order chi connectivity index (χ0) is 31.8. The predicted octanol–water partition coefficient (Wildman–Crippen LogP) is 7.15. The second-order valence-corrected chi connectivity index (χ2v) is 13.4. The van der Waals surface area contributed by atoms with Crippen molar-refractivity contribution in [2.24, 2.45) is 0 Å². The van der Waals surface area contributed by atoms with Crippen molar-refractivity contribution in [3.8, 4) is 11.3 Å². The van der Waals surface area contributed by atoms with Crippen molar-refractivity contribution >= 4 is 39.5 Å². The van der Waals surface area contributed by atoms with Crippen LogP contribution in [0.1, 0.15) is 81.0 Å². The third-order valence-corrected chi connectivity index (χ3v) is 8.86. The molecule has 0 spiro atoms. The van der Waals surface area contributed by atoms with Crippen LogP contribution in [0.25, 0.3) is 39.1 Å². The molecule has 0 atom stereocenters. The van der Waals surface area contributed by atoms with Crippen LogP contribution >= 0.6 is 0 Å². The van der Waals surface area contributed by atoms with E-state index in [0.29, 0.717) is 33.6 Å². The molecule has 0 saturated heterocycles. The zero-order valence-electron chi connectivity index (χ0n) is 26.2. The highest BCUT2D eigenvalue weighted by atomic mass is 16.6. The van der Waals surface area contributed by atoms with Crippen LogP contribution < -0.4 is 0 Å². The van der Waals surface area contributed by atoms with Gasteiger partial charge in [0.15, 0.2) is 5.65 Å². The van der Waals surface area contributed by atoms with E-state index >= 15 is 0 Å². The highest BCUT2D eigenvalue weighted by molar-refractivity contribution is 6.05. The van der Waals surface area contributed by atoms with E-state index in [-0.39, 0.29) is 35.4 Å². The maximum absolute atomic E-state index is 12.2. The topological polar surface area (TPSA) is 131 Å². The summed E-state index contributed by atoms with van der Waals surface area (Å²) in [5.41, 5.74) is 7.48. The molecule has 0 fully saturated rings. The highest BCUT2D eigenvalue weighted by Crippen LogP contribution is 2.45. The molecule has 1 aliphatic rings. The number of esters is 1. The van der Waals surface area contributed by atoms with Crippen molar-refractivity contribution in [2.45, 2.75) is 71.8 Å². The predicted molar refractivity (Wildman–Crippen MR) is 170 cm³/mol. The highest BCUT2D eigenvalue weighted by Gasteiger charge is 2.34. The van der Waals surface area contributed by atoms with E-state index < -0.39 is 10.9 Å². The lowest BCUT2D eigenvalue weighted by atomic mass is 9.79. The Morgan fingerprint density at radius 1 is 1.13 bits per heavy atom. The van der Waals surface area contributed by atoms with Crippen LogP contribution in [-0.4, -0.2) is 41.6 Å². The molecular formula is C34H34N6O5. The van der Waals surface area contributed by atoms with Crippen LogP contribution in [0.15, 0.2) is 53.1 Å². The van der Waals surface area contributed by atoms with Crippen molar-refractivity contribution < 1.29 is 18.9 Å². The van der Waals surface area contributed by atoms with Gasteiger partial charge >= 0.3 is 5.97 Å². The number of aromatic nitrogens is 5. The number of benzene rings is 2. The minimum Gasteiger partial charge on any atom is -0.460 e. The van der Waals surface area contributed by atoms with Crippen LogP contribution in [0.3, 0.4) is 0 Å². The fourth-order valence-electron chi connectivity index (χ4n) is 6.34. The molecule has 4 aromatic heterocycles. The van der Waals surface area contributed by atoms with E-state index in [2.05, 4.69) is 46.8 Å². The Morgan fingerprint density at radius 3 is 2.67 bits per heavy atom. The van der Waals surface area contributed by atoms with Gasteiger partial charge in [0.25, 0.3) is 11.5 Å². The number of ether oxygens (including phenoxy) is 1. The minimum atomic E-state index is -0.557. The van der Waals surface area contributed by atoms with Gasteiger partial charge in [0.1, 0.15) is 11.3 Å². The number of nitro benzene ring substituents is 1. The smallest absolute Gasteiger partial charge is 0.374 e. The molecule has 6 aromatic rings. The van der Waals surface area contributed by atoms with E-state index in [1.807, 2.05) is 10.8 Å². The number of rotatable bonds is 6. The Morgan fingerprint density at radius 2 is 1.93 bits per heavy atom. The van der Waals surface area contributed by atoms with E-state index in [4.69, 9.17) is 24.2 Å². The Balaban J connectivity index is 1.41. The van der Waals surface area contributed by atoms with E-state index in [9.17, 15) is 14.9 Å². The van der Waals surface area contributed by atoms with Crippen LogP contribution in [0.5, 0.6) is 0 Å². The Kier molecular flexibility index (Phi) is 6.36. The lowest BCUT2D eigenvalue weighted by molar-refractivity contribution is -0.384. The first-order chi connectivity index (χ1) is 21.3. The number of carbonyl (C=O) groups is 1. The van der Waals surface area contributed by atoms with Gasteiger partial charge in [-0.15, -0.1) is 0 Å². The number of imidazole rings is 1. The summed E-state index contributed by atoms with van der Waals surface area (Å²) in [6.07, 6.45) is 3.97. The summed E-state index contributed by atoms with van der Waals surface area (Å²) >= 11 is 0. The van der Waals surface area contributed by atoms with Gasteiger partial charge in [-0.25, -0.2) is 14.3 Å². The number of hydrogen-bond acceptors (Lipinski definition) is 8. The molecule has 7 rings (SSSR count). The maximum atomic E-state index is 12.2. The SMILES string of the molecule is CCOC(=O)c1ccc(Cn2c3cc([N+](=O)[O-])ccc3c3nn4cc(-c5cc(C(C)(C)C)cc6c5CCC6(C)C)nc4nc32)o1. The molecule has 11 nitrogen and oxygen atoms in total. The number of furan rings is 1. The van der Waals surface area contributed by atoms with E-state index in [1.54, 1.807) is 29.6 Å². The number of fused-ring (bicyclic) bond motifs is 5. The van der Waals surface area contributed by atoms with Crippen molar-refractivity contribution in [3.05, 3.63) is 87.0 Å². The monoisotopic (exact) mass is 606 g/mol. The lowest BCUT2D eigenvalue weighted by Gasteiger charge is -2.25. The van der Waals surface area contributed by atoms with Crippen LogP contribution in [0.4, 0.5) is 5.69 Å². The second kappa shape index (κ2) is 9.98. The Hall–Kier alpha value is -5.06. The zero-order valence-corrected chi connectivity index (χ0v) is 26.2. The number of nitrogens with zero attached hydrogens (tertiary/aromatic N) is 6. The molecule has 1 aliphatic carbocycles. The molecule has 0 N–H and O–H groups in total. The summed E-state index contributed by atoms with van der Waals surface area (Å²) in [4.78, 5) is 33.4. The van der Waals surface area contributed by atoms with Crippen molar-refractivity contribution in [3.63, 3.8) is 0 Å². The van der Waals surface area contributed by atoms with Crippen molar-refractivity contribution in [2.75, 3.05) is 6.61 Å². The third kappa shape index (κ3) is 4.73. The van der Waals surface area contributed by atoms with Crippen molar-refractivity contribution in [1.29, 1.82) is 0 Å². The molecule has 230 valence electrons. The number of nitro groups is 1. The summed E-state index contributed by atoms with van der Waals surface area (Å²) in [6.45, 7) is 13.4. The normalized spacial score (nSPS) is 14.4. The molecule has 0 unspecified atom stereocenters. The van der Waals surface area contributed by atoms with Gasteiger partial charge < -0.3 is 13.7 Å². The second-order valence-electron chi connectivity index (χ2n) is 13.4. The van der Waals surface area contributed by atoms with E-state index in [1.165, 1.54) is 28.8 Å². The lowest BCUT2D eigenvalue weighted by Crippen LogP contribution is -2.16. The average molecular weight is 607 g/mol.